The highest BCUT2D eigenvalue weighted by molar-refractivity contribution is 6.16. The van der Waals surface area contributed by atoms with Gasteiger partial charge in [0, 0.05) is 0 Å². The van der Waals surface area contributed by atoms with Gasteiger partial charge in [-0.2, -0.15) is 0 Å². The molecule has 0 saturated carbocycles. The largest absolute Gasteiger partial charge is 0.478 e. The molecule has 2 aromatic carbocycles. The fourth-order valence-electron chi connectivity index (χ4n) is 1.98. The Morgan fingerprint density at radius 2 is 1.71 bits per heavy atom. The maximum Gasteiger partial charge on any atom is 0.350 e. The van der Waals surface area contributed by atoms with Crippen molar-refractivity contribution in [1.29, 1.82) is 0 Å². The van der Waals surface area contributed by atoms with Gasteiger partial charge >= 0.3 is 17.9 Å². The molecule has 0 radical (unpaired) electrons. The molecule has 3 rings (SSSR count). The number of carboxylic acids is 1. The summed E-state index contributed by atoms with van der Waals surface area (Å²) in [6.45, 7) is 0. The number of aromatic carboxylic acids is 1. The quantitative estimate of drug-likeness (QED) is 0.688. The van der Waals surface area contributed by atoms with Crippen molar-refractivity contribution < 1.29 is 29.0 Å². The lowest BCUT2D eigenvalue weighted by molar-refractivity contribution is 0.0442. The summed E-state index contributed by atoms with van der Waals surface area (Å²) in [6, 6.07) is 10.3. The number of esters is 2. The van der Waals surface area contributed by atoms with Crippen LogP contribution in [0.3, 0.4) is 0 Å². The first-order chi connectivity index (χ1) is 10.1. The predicted octanol–water partition coefficient (Wildman–Crippen LogP) is 2.49. The van der Waals surface area contributed by atoms with Crippen molar-refractivity contribution in [2.24, 2.45) is 0 Å². The van der Waals surface area contributed by atoms with Gasteiger partial charge in [-0.1, -0.05) is 6.07 Å². The van der Waals surface area contributed by atoms with Crippen LogP contribution in [-0.2, 0) is 4.74 Å². The van der Waals surface area contributed by atoms with Crippen LogP contribution in [0.15, 0.2) is 42.5 Å². The van der Waals surface area contributed by atoms with Crippen LogP contribution in [0.2, 0.25) is 0 Å². The van der Waals surface area contributed by atoms with Gasteiger partial charge in [-0.05, 0) is 36.4 Å². The number of carbonyl (C=O) groups excluding carboxylic acids is 2. The molecule has 0 aromatic heterocycles. The lowest BCUT2D eigenvalue weighted by Gasteiger charge is -2.08. The summed E-state index contributed by atoms with van der Waals surface area (Å²) in [6.07, 6.45) is 0. The molecule has 0 unspecified atom stereocenters. The van der Waals surface area contributed by atoms with Crippen LogP contribution in [0.5, 0.6) is 11.5 Å². The van der Waals surface area contributed by atoms with Crippen molar-refractivity contribution in [1.82, 2.24) is 0 Å². The predicted molar refractivity (Wildman–Crippen MR) is 69.7 cm³/mol. The van der Waals surface area contributed by atoms with Gasteiger partial charge in [0.2, 0.25) is 0 Å². The normalized spacial score (nSPS) is 12.8. The van der Waals surface area contributed by atoms with E-state index in [1.807, 2.05) is 0 Å². The molecule has 0 aliphatic carbocycles. The molecule has 0 spiro atoms. The Bertz CT molecular complexity index is 760. The van der Waals surface area contributed by atoms with Crippen LogP contribution >= 0.6 is 0 Å². The zero-order valence-electron chi connectivity index (χ0n) is 10.5. The van der Waals surface area contributed by atoms with Crippen LogP contribution < -0.4 is 4.74 Å². The molecule has 1 aliphatic heterocycles. The van der Waals surface area contributed by atoms with Gasteiger partial charge in [-0.3, -0.25) is 0 Å². The van der Waals surface area contributed by atoms with Crippen LogP contribution in [0.4, 0.5) is 0 Å². The van der Waals surface area contributed by atoms with Crippen molar-refractivity contribution in [3.8, 4) is 11.5 Å². The third kappa shape index (κ3) is 2.23. The Kier molecular flexibility index (Phi) is 2.91. The minimum Gasteiger partial charge on any atom is -0.478 e. The van der Waals surface area contributed by atoms with Gasteiger partial charge in [0.15, 0.2) is 0 Å². The summed E-state index contributed by atoms with van der Waals surface area (Å²) in [5.41, 5.74) is 0.347. The van der Waals surface area contributed by atoms with Crippen molar-refractivity contribution in [2.45, 2.75) is 0 Å². The highest BCUT2D eigenvalue weighted by Gasteiger charge is 2.33. The minimum absolute atomic E-state index is 0.0739. The molecule has 0 bridgehead atoms. The monoisotopic (exact) mass is 284 g/mol. The summed E-state index contributed by atoms with van der Waals surface area (Å²) in [7, 11) is 0. The van der Waals surface area contributed by atoms with E-state index in [0.29, 0.717) is 5.75 Å². The highest BCUT2D eigenvalue weighted by Crippen LogP contribution is 2.32. The molecule has 0 amide bonds. The number of cyclic esters (lactones) is 2. The molecule has 21 heavy (non-hydrogen) atoms. The van der Waals surface area contributed by atoms with E-state index in [0.717, 1.165) is 0 Å². The van der Waals surface area contributed by atoms with E-state index in [1.165, 1.54) is 36.4 Å². The minimum atomic E-state index is -1.05. The first-order valence-electron chi connectivity index (χ1n) is 5.97. The van der Waals surface area contributed by atoms with E-state index in [2.05, 4.69) is 4.74 Å². The average molecular weight is 284 g/mol. The lowest BCUT2D eigenvalue weighted by atomic mass is 10.1. The maximum absolute atomic E-state index is 11.6. The second-order valence-electron chi connectivity index (χ2n) is 4.29. The fraction of sp³-hybridized carbons (Fsp3) is 0. The molecule has 1 heterocycles. The Morgan fingerprint density at radius 3 is 2.38 bits per heavy atom. The number of carbonyl (C=O) groups is 3. The van der Waals surface area contributed by atoms with Gasteiger partial charge in [-0.25, -0.2) is 14.4 Å². The van der Waals surface area contributed by atoms with Crippen molar-refractivity contribution in [3.05, 3.63) is 59.2 Å². The van der Waals surface area contributed by atoms with Crippen LogP contribution in [-0.4, -0.2) is 23.0 Å². The van der Waals surface area contributed by atoms with E-state index in [9.17, 15) is 14.4 Å². The molecular formula is C15H8O6. The summed E-state index contributed by atoms with van der Waals surface area (Å²) in [5.74, 6) is -1.97. The zero-order valence-corrected chi connectivity index (χ0v) is 10.5. The Morgan fingerprint density at radius 1 is 1.00 bits per heavy atom. The van der Waals surface area contributed by atoms with Crippen LogP contribution in [0, 0.1) is 0 Å². The first-order valence-corrected chi connectivity index (χ1v) is 5.97. The number of benzene rings is 2. The van der Waals surface area contributed by atoms with Crippen molar-refractivity contribution in [3.63, 3.8) is 0 Å². The average Bonchev–Trinajstić information content (AvgIpc) is 2.76. The first kappa shape index (κ1) is 12.9. The smallest absolute Gasteiger partial charge is 0.350 e. The fourth-order valence-corrected chi connectivity index (χ4v) is 1.98. The number of hydrogen-bond acceptors (Lipinski definition) is 5. The number of ether oxygens (including phenoxy) is 2. The number of fused-ring (bicyclic) bond motifs is 1. The molecule has 0 saturated heterocycles. The molecule has 6 heteroatoms. The van der Waals surface area contributed by atoms with Gasteiger partial charge in [0.1, 0.15) is 17.1 Å². The van der Waals surface area contributed by atoms with E-state index in [4.69, 9.17) is 9.84 Å². The SMILES string of the molecule is O=C(O)c1ccc(Oc2cccc3c2C(=O)OC3=O)cc1. The summed E-state index contributed by atoms with van der Waals surface area (Å²) < 4.78 is 10.1. The standard InChI is InChI=1S/C15H8O6/c16-13(17)8-4-6-9(7-5-8)20-11-3-1-2-10-12(11)15(19)21-14(10)18/h1-7H,(H,16,17). The second-order valence-corrected chi connectivity index (χ2v) is 4.29. The maximum atomic E-state index is 11.6. The molecular weight excluding hydrogens is 276 g/mol. The van der Waals surface area contributed by atoms with Crippen LogP contribution in [0.1, 0.15) is 31.1 Å². The van der Waals surface area contributed by atoms with Gasteiger partial charge < -0.3 is 14.6 Å². The lowest BCUT2D eigenvalue weighted by Crippen LogP contribution is -1.99. The Hall–Kier alpha value is -3.15. The Balaban J connectivity index is 1.94. The number of hydrogen-bond donors (Lipinski definition) is 1. The van der Waals surface area contributed by atoms with Gasteiger partial charge in [-0.15, -0.1) is 0 Å². The van der Waals surface area contributed by atoms with E-state index in [-0.39, 0.29) is 22.4 Å². The highest BCUT2D eigenvalue weighted by atomic mass is 16.6. The topological polar surface area (TPSA) is 89.9 Å². The van der Waals surface area contributed by atoms with E-state index in [1.54, 1.807) is 6.07 Å². The zero-order chi connectivity index (χ0) is 15.0. The molecule has 1 N–H and O–H groups in total. The number of carboxylic acid groups (broad SMARTS) is 1. The van der Waals surface area contributed by atoms with Crippen molar-refractivity contribution in [2.75, 3.05) is 0 Å². The molecule has 104 valence electrons. The van der Waals surface area contributed by atoms with Gasteiger partial charge in [0.25, 0.3) is 0 Å². The van der Waals surface area contributed by atoms with E-state index < -0.39 is 17.9 Å². The third-order valence-electron chi connectivity index (χ3n) is 2.96. The molecule has 2 aromatic rings. The van der Waals surface area contributed by atoms with E-state index >= 15 is 0 Å². The summed E-state index contributed by atoms with van der Waals surface area (Å²) in [4.78, 5) is 33.8. The molecule has 0 fully saturated rings. The second kappa shape index (κ2) is 4.75. The van der Waals surface area contributed by atoms with Crippen molar-refractivity contribution >= 4 is 17.9 Å². The molecule has 1 aliphatic rings. The molecule has 0 atom stereocenters. The Labute approximate surface area is 118 Å². The molecule has 6 nitrogen and oxygen atoms in total. The third-order valence-corrected chi connectivity index (χ3v) is 2.96. The summed E-state index contributed by atoms with van der Waals surface area (Å²) in [5, 5.41) is 8.82. The van der Waals surface area contributed by atoms with Crippen LogP contribution in [0.25, 0.3) is 0 Å². The summed E-state index contributed by atoms with van der Waals surface area (Å²) >= 11 is 0. The van der Waals surface area contributed by atoms with Gasteiger partial charge in [0.05, 0.1) is 11.1 Å². The number of rotatable bonds is 3.